The van der Waals surface area contributed by atoms with Gasteiger partial charge in [0.2, 0.25) is 12.7 Å². The van der Waals surface area contributed by atoms with E-state index in [0.29, 0.717) is 60.4 Å². The van der Waals surface area contributed by atoms with E-state index in [1.165, 1.54) is 6.92 Å². The summed E-state index contributed by atoms with van der Waals surface area (Å²) in [6.07, 6.45) is 1.61. The lowest BCUT2D eigenvalue weighted by Crippen LogP contribution is -2.50. The summed E-state index contributed by atoms with van der Waals surface area (Å²) < 4.78 is 10.6. The third kappa shape index (κ3) is 4.13. The number of H-pyrrole nitrogens is 1. The Morgan fingerprint density at radius 3 is 2.47 bits per heavy atom. The summed E-state index contributed by atoms with van der Waals surface area (Å²) in [4.78, 5) is 47.8. The van der Waals surface area contributed by atoms with Gasteiger partial charge in [-0.1, -0.05) is 0 Å². The number of Topliss-reactive ketones (excluding diaryl/α,β-unsaturated/α-hetero) is 1. The highest BCUT2D eigenvalue weighted by Crippen LogP contribution is 2.37. The average molecular weight is 413 g/mol. The van der Waals surface area contributed by atoms with Crippen molar-refractivity contribution in [2.45, 2.75) is 13.8 Å². The van der Waals surface area contributed by atoms with E-state index in [1.54, 1.807) is 30.2 Å². The van der Waals surface area contributed by atoms with Gasteiger partial charge in [-0.05, 0) is 19.9 Å². The monoisotopic (exact) mass is 413 g/mol. The van der Waals surface area contributed by atoms with Crippen molar-refractivity contribution in [3.63, 3.8) is 0 Å². The molecule has 2 N–H and O–H groups in total. The van der Waals surface area contributed by atoms with Crippen molar-refractivity contribution in [3.8, 4) is 11.5 Å². The van der Waals surface area contributed by atoms with Crippen LogP contribution in [0.1, 0.15) is 33.6 Å². The molecule has 10 heteroatoms. The van der Waals surface area contributed by atoms with Crippen LogP contribution < -0.4 is 14.8 Å². The molecule has 1 aromatic carbocycles. The molecule has 4 rings (SSSR count). The minimum Gasteiger partial charge on any atom is -0.454 e. The topological polar surface area (TPSA) is 117 Å². The second-order valence-corrected chi connectivity index (χ2v) is 7.29. The van der Waals surface area contributed by atoms with E-state index in [-0.39, 0.29) is 30.9 Å². The predicted octanol–water partition coefficient (Wildman–Crippen LogP) is 1.05. The standard InChI is InChI=1S/C20H23N5O5/c1-12(26)14-7-17-18(30-11-29-17)8-15(14)23-19(27)10-24-3-5-25(6-4-24)20(28)16-9-21-13(2)22-16/h7-9H,3-6,10-11H2,1-2H3,(H,21,22)(H,23,27). The van der Waals surface area contributed by atoms with E-state index in [1.807, 2.05) is 4.90 Å². The van der Waals surface area contributed by atoms with Crippen LogP contribution in [-0.2, 0) is 4.79 Å². The van der Waals surface area contributed by atoms with E-state index in [9.17, 15) is 14.4 Å². The smallest absolute Gasteiger partial charge is 0.274 e. The summed E-state index contributed by atoms with van der Waals surface area (Å²) in [7, 11) is 0. The van der Waals surface area contributed by atoms with Crippen molar-refractivity contribution < 1.29 is 23.9 Å². The number of hydrogen-bond donors (Lipinski definition) is 2. The van der Waals surface area contributed by atoms with Crippen LogP contribution in [0, 0.1) is 6.92 Å². The number of carbonyl (C=O) groups is 3. The van der Waals surface area contributed by atoms with Crippen LogP contribution in [-0.4, -0.2) is 76.9 Å². The van der Waals surface area contributed by atoms with Crippen LogP contribution >= 0.6 is 0 Å². The van der Waals surface area contributed by atoms with Crippen molar-refractivity contribution >= 4 is 23.3 Å². The number of fused-ring (bicyclic) bond motifs is 1. The molecule has 3 heterocycles. The maximum atomic E-state index is 12.6. The molecule has 0 bridgehead atoms. The van der Waals surface area contributed by atoms with Gasteiger partial charge in [-0.25, -0.2) is 4.98 Å². The fraction of sp³-hybridized carbons (Fsp3) is 0.400. The molecule has 0 spiro atoms. The number of anilines is 1. The van der Waals surface area contributed by atoms with Crippen molar-refractivity contribution in [1.29, 1.82) is 0 Å². The van der Waals surface area contributed by atoms with E-state index in [2.05, 4.69) is 15.3 Å². The zero-order chi connectivity index (χ0) is 21.3. The molecule has 0 radical (unpaired) electrons. The molecular weight excluding hydrogens is 390 g/mol. The van der Waals surface area contributed by atoms with E-state index in [0.717, 1.165) is 0 Å². The van der Waals surface area contributed by atoms with Crippen LogP contribution in [0.2, 0.25) is 0 Å². The van der Waals surface area contributed by atoms with E-state index in [4.69, 9.17) is 9.47 Å². The molecule has 2 aliphatic heterocycles. The van der Waals surface area contributed by atoms with Gasteiger partial charge in [0.05, 0.1) is 12.2 Å². The van der Waals surface area contributed by atoms with Gasteiger partial charge in [0.1, 0.15) is 11.5 Å². The maximum absolute atomic E-state index is 12.6. The Labute approximate surface area is 173 Å². The molecule has 2 aliphatic rings. The quantitative estimate of drug-likeness (QED) is 0.704. The molecule has 30 heavy (non-hydrogen) atoms. The summed E-state index contributed by atoms with van der Waals surface area (Å²) in [5.41, 5.74) is 1.18. The molecular formula is C20H23N5O5. The Bertz CT molecular complexity index is 993. The minimum atomic E-state index is -0.237. The second kappa shape index (κ2) is 8.15. The number of aromatic amines is 1. The molecule has 1 fully saturated rings. The van der Waals surface area contributed by atoms with Crippen molar-refractivity contribution in [3.05, 3.63) is 35.4 Å². The molecule has 0 saturated carbocycles. The number of piperazine rings is 1. The third-order valence-electron chi connectivity index (χ3n) is 5.12. The van der Waals surface area contributed by atoms with Crippen LogP contribution in [0.15, 0.2) is 18.3 Å². The van der Waals surface area contributed by atoms with Gasteiger partial charge < -0.3 is 24.7 Å². The summed E-state index contributed by atoms with van der Waals surface area (Å²) >= 11 is 0. The zero-order valence-corrected chi connectivity index (χ0v) is 16.9. The number of ketones is 1. The van der Waals surface area contributed by atoms with E-state index >= 15 is 0 Å². The fourth-order valence-electron chi connectivity index (χ4n) is 3.53. The number of rotatable bonds is 5. The van der Waals surface area contributed by atoms with Crippen LogP contribution in [0.4, 0.5) is 5.69 Å². The largest absolute Gasteiger partial charge is 0.454 e. The molecule has 0 aliphatic carbocycles. The number of amides is 2. The third-order valence-corrected chi connectivity index (χ3v) is 5.12. The zero-order valence-electron chi connectivity index (χ0n) is 16.9. The minimum absolute atomic E-state index is 0.0882. The van der Waals surface area contributed by atoms with Gasteiger partial charge in [0.15, 0.2) is 17.3 Å². The first-order valence-corrected chi connectivity index (χ1v) is 9.69. The Balaban J connectivity index is 1.33. The van der Waals surface area contributed by atoms with Crippen LogP contribution in [0.3, 0.4) is 0 Å². The summed E-state index contributed by atoms with van der Waals surface area (Å²) in [5, 5.41) is 2.80. The number of nitrogens with zero attached hydrogens (tertiary/aromatic N) is 3. The fourth-order valence-corrected chi connectivity index (χ4v) is 3.53. The molecule has 1 saturated heterocycles. The number of nitrogens with one attached hydrogen (secondary N) is 2. The highest BCUT2D eigenvalue weighted by molar-refractivity contribution is 6.05. The van der Waals surface area contributed by atoms with Crippen molar-refractivity contribution in [1.82, 2.24) is 19.8 Å². The predicted molar refractivity (Wildman–Crippen MR) is 107 cm³/mol. The van der Waals surface area contributed by atoms with Gasteiger partial charge in [-0.2, -0.15) is 0 Å². The number of imidazole rings is 1. The number of carbonyl (C=O) groups excluding carboxylic acids is 3. The Morgan fingerprint density at radius 1 is 1.13 bits per heavy atom. The van der Waals surface area contributed by atoms with Crippen molar-refractivity contribution in [2.75, 3.05) is 44.8 Å². The number of ether oxygens (including phenoxy) is 2. The van der Waals surface area contributed by atoms with Gasteiger partial charge in [0, 0.05) is 44.0 Å². The lowest BCUT2D eigenvalue weighted by molar-refractivity contribution is -0.117. The highest BCUT2D eigenvalue weighted by atomic mass is 16.7. The number of hydrogen-bond acceptors (Lipinski definition) is 7. The first-order chi connectivity index (χ1) is 14.4. The van der Waals surface area contributed by atoms with E-state index < -0.39 is 0 Å². The molecule has 10 nitrogen and oxygen atoms in total. The maximum Gasteiger partial charge on any atom is 0.274 e. The Hall–Kier alpha value is -3.40. The summed E-state index contributed by atoms with van der Waals surface area (Å²) in [6, 6.07) is 3.20. The first-order valence-electron chi connectivity index (χ1n) is 9.69. The number of benzene rings is 1. The molecule has 2 aromatic rings. The highest BCUT2D eigenvalue weighted by Gasteiger charge is 2.25. The Kier molecular flexibility index (Phi) is 5.40. The lowest BCUT2D eigenvalue weighted by Gasteiger charge is -2.34. The normalized spacial score (nSPS) is 15.9. The van der Waals surface area contributed by atoms with Gasteiger partial charge in [0.25, 0.3) is 5.91 Å². The van der Waals surface area contributed by atoms with Gasteiger partial charge in [-0.15, -0.1) is 0 Å². The van der Waals surface area contributed by atoms with Crippen molar-refractivity contribution in [2.24, 2.45) is 0 Å². The molecule has 0 unspecified atom stereocenters. The second-order valence-electron chi connectivity index (χ2n) is 7.29. The molecule has 158 valence electrons. The number of aromatic nitrogens is 2. The lowest BCUT2D eigenvalue weighted by atomic mass is 10.1. The molecule has 0 atom stereocenters. The SMILES string of the molecule is CC(=O)c1cc2c(cc1NC(=O)CN1CCN(C(=O)c3c[nH]c(C)n3)CC1)OCO2. The van der Waals surface area contributed by atoms with Crippen LogP contribution in [0.5, 0.6) is 11.5 Å². The average Bonchev–Trinajstić information content (AvgIpc) is 3.35. The molecule has 2 amide bonds. The number of aryl methyl sites for hydroxylation is 1. The van der Waals surface area contributed by atoms with Crippen LogP contribution in [0.25, 0.3) is 0 Å². The Morgan fingerprint density at radius 2 is 1.83 bits per heavy atom. The van der Waals surface area contributed by atoms with Gasteiger partial charge >= 0.3 is 0 Å². The summed E-state index contributed by atoms with van der Waals surface area (Å²) in [5.74, 6) is 1.16. The molecule has 1 aromatic heterocycles. The van der Waals surface area contributed by atoms with Gasteiger partial charge in [-0.3, -0.25) is 19.3 Å². The first kappa shape index (κ1) is 19.9. The summed E-state index contributed by atoms with van der Waals surface area (Å²) in [6.45, 7) is 5.66.